The summed E-state index contributed by atoms with van der Waals surface area (Å²) in [6.45, 7) is -0.103. The van der Waals surface area contributed by atoms with E-state index >= 15 is 0 Å². The number of carbonyl (C=O) groups excluding carboxylic acids is 1. The van der Waals surface area contributed by atoms with Gasteiger partial charge in [-0.2, -0.15) is 0 Å². The smallest absolute Gasteiger partial charge is 0.253 e. The Morgan fingerprint density at radius 3 is 2.72 bits per heavy atom. The highest BCUT2D eigenvalue weighted by Crippen LogP contribution is 2.21. The molecule has 2 aromatic rings. The lowest BCUT2D eigenvalue weighted by atomic mass is 10.1. The van der Waals surface area contributed by atoms with Crippen molar-refractivity contribution in [1.29, 1.82) is 0 Å². The Kier molecular flexibility index (Phi) is 3.79. The third-order valence-electron chi connectivity index (χ3n) is 2.34. The summed E-state index contributed by atoms with van der Waals surface area (Å²) in [4.78, 5) is 27.2. The van der Waals surface area contributed by atoms with E-state index in [1.807, 2.05) is 0 Å². The Morgan fingerprint density at radius 1 is 1.28 bits per heavy atom. The summed E-state index contributed by atoms with van der Waals surface area (Å²) in [6.07, 6.45) is 2.68. The van der Waals surface area contributed by atoms with Crippen molar-refractivity contribution in [3.8, 4) is 0 Å². The topological polar surface area (TPSA) is 52.0 Å². The number of halogens is 2. The van der Waals surface area contributed by atoms with Crippen molar-refractivity contribution in [3.05, 3.63) is 62.8 Å². The van der Waals surface area contributed by atoms with Gasteiger partial charge in [0.25, 0.3) is 5.56 Å². The van der Waals surface area contributed by atoms with Crippen LogP contribution in [0, 0.1) is 0 Å². The maximum Gasteiger partial charge on any atom is 0.253 e. The minimum atomic E-state index is -0.288. The van der Waals surface area contributed by atoms with E-state index in [0.29, 0.717) is 10.6 Å². The number of nitrogens with zero attached hydrogens (tertiary/aromatic N) is 2. The van der Waals surface area contributed by atoms with Crippen molar-refractivity contribution in [2.24, 2.45) is 0 Å². The zero-order valence-corrected chi connectivity index (χ0v) is 10.6. The number of benzene rings is 1. The van der Waals surface area contributed by atoms with Crippen LogP contribution in [0.2, 0.25) is 10.0 Å². The fourth-order valence-corrected chi connectivity index (χ4v) is 1.97. The van der Waals surface area contributed by atoms with Crippen LogP contribution in [0.5, 0.6) is 0 Å². The zero-order chi connectivity index (χ0) is 13.1. The molecule has 0 unspecified atom stereocenters. The Bertz CT molecular complexity index is 653. The molecule has 0 spiro atoms. The second-order valence-electron chi connectivity index (χ2n) is 3.59. The maximum atomic E-state index is 12.0. The highest BCUT2D eigenvalue weighted by Gasteiger charge is 2.11. The van der Waals surface area contributed by atoms with Crippen LogP contribution in [0.3, 0.4) is 0 Å². The van der Waals surface area contributed by atoms with Gasteiger partial charge in [-0.05, 0) is 18.2 Å². The molecule has 4 nitrogen and oxygen atoms in total. The van der Waals surface area contributed by atoms with Crippen molar-refractivity contribution < 1.29 is 4.79 Å². The minimum absolute atomic E-state index is 0.103. The van der Waals surface area contributed by atoms with Gasteiger partial charge >= 0.3 is 0 Å². The van der Waals surface area contributed by atoms with Crippen molar-refractivity contribution in [1.82, 2.24) is 9.55 Å². The molecule has 1 heterocycles. The first-order valence-electron chi connectivity index (χ1n) is 5.06. The molecule has 6 heteroatoms. The molecule has 0 fully saturated rings. The molecule has 18 heavy (non-hydrogen) atoms. The van der Waals surface area contributed by atoms with Gasteiger partial charge in [0, 0.05) is 22.8 Å². The number of ketones is 1. The summed E-state index contributed by atoms with van der Waals surface area (Å²) in [5, 5.41) is 0.722. The van der Waals surface area contributed by atoms with Crippen LogP contribution in [0.4, 0.5) is 0 Å². The molecule has 0 aliphatic rings. The molecular weight excluding hydrogens is 275 g/mol. The van der Waals surface area contributed by atoms with Crippen molar-refractivity contribution in [3.63, 3.8) is 0 Å². The Labute approximate surface area is 113 Å². The molecule has 0 atom stereocenters. The molecule has 0 amide bonds. The maximum absolute atomic E-state index is 12.0. The van der Waals surface area contributed by atoms with Crippen LogP contribution in [-0.4, -0.2) is 15.3 Å². The quantitative estimate of drug-likeness (QED) is 0.813. The fourth-order valence-electron chi connectivity index (χ4n) is 1.45. The van der Waals surface area contributed by atoms with E-state index in [9.17, 15) is 9.59 Å². The van der Waals surface area contributed by atoms with Gasteiger partial charge in [-0.1, -0.05) is 23.2 Å². The monoisotopic (exact) mass is 282 g/mol. The molecule has 92 valence electrons. The molecule has 0 aliphatic heterocycles. The summed E-state index contributed by atoms with van der Waals surface area (Å²) in [5.41, 5.74) is 0.0419. The third kappa shape index (κ3) is 2.78. The molecule has 0 N–H and O–H groups in total. The first-order valence-corrected chi connectivity index (χ1v) is 5.82. The normalized spacial score (nSPS) is 10.3. The second-order valence-corrected chi connectivity index (χ2v) is 4.44. The molecule has 0 aliphatic carbocycles. The molecule has 1 aromatic heterocycles. The van der Waals surface area contributed by atoms with E-state index in [1.165, 1.54) is 35.3 Å². The van der Waals surface area contributed by atoms with Crippen LogP contribution in [0.1, 0.15) is 10.4 Å². The van der Waals surface area contributed by atoms with Gasteiger partial charge in [-0.25, -0.2) is 4.98 Å². The van der Waals surface area contributed by atoms with Crippen LogP contribution in [-0.2, 0) is 6.54 Å². The Balaban J connectivity index is 2.28. The molecule has 0 saturated carbocycles. The van der Waals surface area contributed by atoms with E-state index in [-0.39, 0.29) is 22.9 Å². The van der Waals surface area contributed by atoms with Gasteiger partial charge in [-0.3, -0.25) is 14.2 Å². The Morgan fingerprint density at radius 2 is 2.06 bits per heavy atom. The number of Topliss-reactive ketones (excluding diaryl/α,β-unsaturated/α-hetero) is 1. The van der Waals surface area contributed by atoms with Crippen LogP contribution >= 0.6 is 23.2 Å². The zero-order valence-electron chi connectivity index (χ0n) is 9.14. The summed E-state index contributed by atoms with van der Waals surface area (Å²) < 4.78 is 1.22. The summed E-state index contributed by atoms with van der Waals surface area (Å²) in [7, 11) is 0. The van der Waals surface area contributed by atoms with Gasteiger partial charge in [0.1, 0.15) is 0 Å². The largest absolute Gasteiger partial charge is 0.292 e. The van der Waals surface area contributed by atoms with Crippen LogP contribution in [0.15, 0.2) is 41.6 Å². The van der Waals surface area contributed by atoms with Crippen LogP contribution < -0.4 is 5.56 Å². The Hall–Kier alpha value is -1.65. The highest BCUT2D eigenvalue weighted by atomic mass is 35.5. The minimum Gasteiger partial charge on any atom is -0.292 e. The van der Waals surface area contributed by atoms with Crippen LogP contribution in [0.25, 0.3) is 0 Å². The van der Waals surface area contributed by atoms with E-state index < -0.39 is 0 Å². The lowest BCUT2D eigenvalue weighted by Crippen LogP contribution is -2.23. The highest BCUT2D eigenvalue weighted by molar-refractivity contribution is 6.36. The van der Waals surface area contributed by atoms with E-state index in [1.54, 1.807) is 6.07 Å². The number of rotatable bonds is 3. The molecule has 2 rings (SSSR count). The van der Waals surface area contributed by atoms with Gasteiger partial charge < -0.3 is 0 Å². The van der Waals surface area contributed by atoms with Gasteiger partial charge in [-0.15, -0.1) is 0 Å². The molecule has 1 aromatic carbocycles. The predicted molar refractivity (Wildman–Crippen MR) is 69.3 cm³/mol. The molecule has 0 saturated heterocycles. The average molecular weight is 283 g/mol. The molecule has 0 bridgehead atoms. The first-order chi connectivity index (χ1) is 8.58. The number of aromatic nitrogens is 2. The van der Waals surface area contributed by atoms with E-state index in [0.717, 1.165) is 0 Å². The van der Waals surface area contributed by atoms with E-state index in [4.69, 9.17) is 23.2 Å². The average Bonchev–Trinajstić information content (AvgIpc) is 2.32. The third-order valence-corrected chi connectivity index (χ3v) is 2.89. The summed E-state index contributed by atoms with van der Waals surface area (Å²) in [6, 6.07) is 5.89. The first kappa shape index (κ1) is 12.8. The van der Waals surface area contributed by atoms with Gasteiger partial charge in [0.05, 0.1) is 17.9 Å². The van der Waals surface area contributed by atoms with Gasteiger partial charge in [0.2, 0.25) is 0 Å². The summed E-state index contributed by atoms with van der Waals surface area (Å²) in [5.74, 6) is -0.272. The van der Waals surface area contributed by atoms with Gasteiger partial charge in [0.15, 0.2) is 5.78 Å². The number of carbonyl (C=O) groups is 1. The SMILES string of the molecule is O=C(Cn1cnccc1=O)c1ccc(Cl)cc1Cl. The second kappa shape index (κ2) is 5.33. The lowest BCUT2D eigenvalue weighted by molar-refractivity contribution is 0.0970. The lowest BCUT2D eigenvalue weighted by Gasteiger charge is -2.05. The van der Waals surface area contributed by atoms with Crippen molar-refractivity contribution in [2.75, 3.05) is 0 Å². The fraction of sp³-hybridized carbons (Fsp3) is 0.0833. The van der Waals surface area contributed by atoms with E-state index in [2.05, 4.69) is 4.98 Å². The van der Waals surface area contributed by atoms with Crippen molar-refractivity contribution >= 4 is 29.0 Å². The molecular formula is C12H8Cl2N2O2. The summed E-state index contributed by atoms with van der Waals surface area (Å²) >= 11 is 11.7. The van der Waals surface area contributed by atoms with Crippen molar-refractivity contribution in [2.45, 2.75) is 6.54 Å². The standard InChI is InChI=1S/C12H8Cl2N2O2/c13-8-1-2-9(10(14)5-8)11(17)6-16-7-15-4-3-12(16)18/h1-5,7H,6H2. The molecule has 0 radical (unpaired) electrons. The number of hydrogen-bond acceptors (Lipinski definition) is 3. The number of hydrogen-bond donors (Lipinski definition) is 0. The predicted octanol–water partition coefficient (Wildman–Crippen LogP) is 2.43.